The minimum Gasteiger partial charge on any atom is -0.472 e. The Bertz CT molecular complexity index is 588. The van der Waals surface area contributed by atoms with E-state index < -0.39 is 6.29 Å². The Kier molecular flexibility index (Phi) is 3.80. The molecule has 1 N–H and O–H groups in total. The first-order valence-corrected chi connectivity index (χ1v) is 7.08. The third-order valence-electron chi connectivity index (χ3n) is 4.14. The minimum absolute atomic E-state index is 0.0444. The number of benzene rings is 1. The second kappa shape index (κ2) is 5.74. The summed E-state index contributed by atoms with van der Waals surface area (Å²) in [6.07, 6.45) is 3.26. The van der Waals surface area contributed by atoms with Gasteiger partial charge in [0.1, 0.15) is 6.61 Å². The Balaban J connectivity index is 1.68. The molecule has 110 valence electrons. The van der Waals surface area contributed by atoms with E-state index in [0.29, 0.717) is 5.57 Å². The van der Waals surface area contributed by atoms with Gasteiger partial charge in [-0.05, 0) is 18.9 Å². The number of ether oxygens (including phenoxy) is 2. The molecule has 0 saturated heterocycles. The molecule has 1 aromatic rings. The van der Waals surface area contributed by atoms with Crippen molar-refractivity contribution in [1.29, 1.82) is 0 Å². The summed E-state index contributed by atoms with van der Waals surface area (Å²) >= 11 is 0. The summed E-state index contributed by atoms with van der Waals surface area (Å²) < 4.78 is 10.6. The van der Waals surface area contributed by atoms with E-state index in [1.807, 2.05) is 43.3 Å². The van der Waals surface area contributed by atoms with E-state index in [1.54, 1.807) is 0 Å². The van der Waals surface area contributed by atoms with Crippen LogP contribution >= 0.6 is 0 Å². The molecule has 3 atom stereocenters. The van der Waals surface area contributed by atoms with Crippen molar-refractivity contribution in [2.24, 2.45) is 11.8 Å². The van der Waals surface area contributed by atoms with Crippen LogP contribution in [0.1, 0.15) is 18.9 Å². The van der Waals surface area contributed by atoms with Gasteiger partial charge >= 0.3 is 5.97 Å². The molecule has 0 radical (unpaired) electrons. The lowest BCUT2D eigenvalue weighted by Crippen LogP contribution is -2.34. The first kappa shape index (κ1) is 13.9. The SMILES string of the molecule is CC1=CCC2C(C(=O)OCc3ccccc3)=COC(O)C12. The first-order chi connectivity index (χ1) is 10.2. The number of aliphatic hydroxyl groups is 1. The number of aliphatic hydroxyl groups excluding tert-OH is 1. The highest BCUT2D eigenvalue weighted by Gasteiger charge is 2.42. The van der Waals surface area contributed by atoms with Gasteiger partial charge in [-0.1, -0.05) is 42.0 Å². The average Bonchev–Trinajstić information content (AvgIpc) is 2.89. The Labute approximate surface area is 123 Å². The van der Waals surface area contributed by atoms with Crippen LogP contribution in [-0.2, 0) is 20.9 Å². The van der Waals surface area contributed by atoms with E-state index in [2.05, 4.69) is 0 Å². The molecular weight excluding hydrogens is 268 g/mol. The fourth-order valence-corrected chi connectivity index (χ4v) is 2.98. The van der Waals surface area contributed by atoms with Crippen LogP contribution in [0.3, 0.4) is 0 Å². The van der Waals surface area contributed by atoms with Crippen molar-refractivity contribution in [3.63, 3.8) is 0 Å². The Hall–Kier alpha value is -2.07. The van der Waals surface area contributed by atoms with Gasteiger partial charge in [0, 0.05) is 11.8 Å². The maximum atomic E-state index is 12.3. The molecule has 0 bridgehead atoms. The van der Waals surface area contributed by atoms with Crippen molar-refractivity contribution >= 4 is 5.97 Å². The highest BCUT2D eigenvalue weighted by atomic mass is 16.6. The molecule has 1 aliphatic heterocycles. The van der Waals surface area contributed by atoms with Gasteiger partial charge in [0.05, 0.1) is 11.8 Å². The maximum Gasteiger partial charge on any atom is 0.337 e. The topological polar surface area (TPSA) is 55.8 Å². The van der Waals surface area contributed by atoms with Crippen molar-refractivity contribution in [3.05, 3.63) is 59.4 Å². The van der Waals surface area contributed by atoms with E-state index in [0.717, 1.165) is 17.6 Å². The van der Waals surface area contributed by atoms with Crippen LogP contribution in [0.15, 0.2) is 53.8 Å². The molecule has 4 heteroatoms. The summed E-state index contributed by atoms with van der Waals surface area (Å²) in [6.45, 7) is 2.19. The monoisotopic (exact) mass is 286 g/mol. The van der Waals surface area contributed by atoms with Crippen LogP contribution in [0.2, 0.25) is 0 Å². The van der Waals surface area contributed by atoms with Crippen molar-refractivity contribution < 1.29 is 19.4 Å². The highest BCUT2D eigenvalue weighted by Crippen LogP contribution is 2.42. The zero-order chi connectivity index (χ0) is 14.8. The molecule has 0 spiro atoms. The van der Waals surface area contributed by atoms with Gasteiger partial charge in [-0.2, -0.15) is 0 Å². The molecule has 0 saturated carbocycles. The fourth-order valence-electron chi connectivity index (χ4n) is 2.98. The molecular formula is C17H18O4. The summed E-state index contributed by atoms with van der Waals surface area (Å²) in [7, 11) is 0. The van der Waals surface area contributed by atoms with Gasteiger partial charge < -0.3 is 14.6 Å². The van der Waals surface area contributed by atoms with Gasteiger partial charge in [0.2, 0.25) is 6.29 Å². The number of allylic oxidation sites excluding steroid dienone is 1. The van der Waals surface area contributed by atoms with Gasteiger partial charge in [-0.15, -0.1) is 0 Å². The summed E-state index contributed by atoms with van der Waals surface area (Å²) in [5.74, 6) is -0.560. The molecule has 3 rings (SSSR count). The average molecular weight is 286 g/mol. The van der Waals surface area contributed by atoms with E-state index in [-0.39, 0.29) is 24.4 Å². The van der Waals surface area contributed by atoms with Gasteiger partial charge in [0.15, 0.2) is 0 Å². The maximum absolute atomic E-state index is 12.3. The van der Waals surface area contributed by atoms with Crippen molar-refractivity contribution in [1.82, 2.24) is 0 Å². The van der Waals surface area contributed by atoms with Crippen molar-refractivity contribution in [2.75, 3.05) is 0 Å². The smallest absolute Gasteiger partial charge is 0.337 e. The van der Waals surface area contributed by atoms with Gasteiger partial charge in [0.25, 0.3) is 0 Å². The van der Waals surface area contributed by atoms with Crippen LogP contribution in [-0.4, -0.2) is 17.4 Å². The lowest BCUT2D eigenvalue weighted by atomic mass is 9.84. The number of hydrogen-bond acceptors (Lipinski definition) is 4. The summed E-state index contributed by atoms with van der Waals surface area (Å²) in [6, 6.07) is 9.55. The fraction of sp³-hybridized carbons (Fsp3) is 0.353. The van der Waals surface area contributed by atoms with Crippen LogP contribution in [0.25, 0.3) is 0 Å². The number of hydrogen-bond donors (Lipinski definition) is 1. The van der Waals surface area contributed by atoms with Crippen LogP contribution in [0.5, 0.6) is 0 Å². The standard InChI is InChI=1S/C17H18O4/c1-11-7-8-13-14(10-21-17(19)15(11)13)16(18)20-9-12-5-3-2-4-6-12/h2-7,10,13,15,17,19H,8-9H2,1H3. The zero-order valence-electron chi connectivity index (χ0n) is 11.9. The second-order valence-electron chi connectivity index (χ2n) is 5.48. The number of carbonyl (C=O) groups is 1. The molecule has 1 heterocycles. The number of rotatable bonds is 3. The molecule has 2 aliphatic rings. The third-order valence-corrected chi connectivity index (χ3v) is 4.14. The van der Waals surface area contributed by atoms with Crippen molar-refractivity contribution in [2.45, 2.75) is 26.2 Å². The number of esters is 1. The largest absolute Gasteiger partial charge is 0.472 e. The second-order valence-corrected chi connectivity index (χ2v) is 5.48. The molecule has 0 fully saturated rings. The Morgan fingerprint density at radius 1 is 1.38 bits per heavy atom. The predicted molar refractivity (Wildman–Crippen MR) is 76.8 cm³/mol. The zero-order valence-corrected chi connectivity index (χ0v) is 11.9. The van der Waals surface area contributed by atoms with Crippen LogP contribution in [0, 0.1) is 11.8 Å². The molecule has 1 aromatic carbocycles. The molecule has 4 nitrogen and oxygen atoms in total. The quantitative estimate of drug-likeness (QED) is 0.685. The minimum atomic E-state index is -0.876. The van der Waals surface area contributed by atoms with Gasteiger partial charge in [-0.3, -0.25) is 0 Å². The normalized spacial score (nSPS) is 27.2. The Morgan fingerprint density at radius 3 is 2.90 bits per heavy atom. The van der Waals surface area contributed by atoms with Crippen LogP contribution < -0.4 is 0 Å². The lowest BCUT2D eigenvalue weighted by Gasteiger charge is -2.31. The van der Waals surface area contributed by atoms with E-state index in [1.165, 1.54) is 6.26 Å². The first-order valence-electron chi connectivity index (χ1n) is 7.08. The van der Waals surface area contributed by atoms with E-state index in [9.17, 15) is 9.90 Å². The third kappa shape index (κ3) is 2.72. The van der Waals surface area contributed by atoms with E-state index in [4.69, 9.17) is 9.47 Å². The molecule has 0 amide bonds. The number of fused-ring (bicyclic) bond motifs is 1. The Morgan fingerprint density at radius 2 is 2.14 bits per heavy atom. The molecule has 0 aromatic heterocycles. The molecule has 3 unspecified atom stereocenters. The number of carbonyl (C=O) groups excluding carboxylic acids is 1. The molecule has 1 aliphatic carbocycles. The van der Waals surface area contributed by atoms with Crippen LogP contribution in [0.4, 0.5) is 0 Å². The summed E-state index contributed by atoms with van der Waals surface area (Å²) in [4.78, 5) is 12.3. The molecule has 21 heavy (non-hydrogen) atoms. The highest BCUT2D eigenvalue weighted by molar-refractivity contribution is 5.89. The van der Waals surface area contributed by atoms with Crippen molar-refractivity contribution in [3.8, 4) is 0 Å². The predicted octanol–water partition coefficient (Wildman–Crippen LogP) is 2.54. The summed E-state index contributed by atoms with van der Waals surface area (Å²) in [5, 5.41) is 9.90. The summed E-state index contributed by atoms with van der Waals surface area (Å²) in [5.41, 5.74) is 2.52. The van der Waals surface area contributed by atoms with E-state index >= 15 is 0 Å². The lowest BCUT2D eigenvalue weighted by molar-refractivity contribution is -0.145. The van der Waals surface area contributed by atoms with Gasteiger partial charge in [-0.25, -0.2) is 4.79 Å².